The summed E-state index contributed by atoms with van der Waals surface area (Å²) in [6, 6.07) is 13.7. The van der Waals surface area contributed by atoms with Crippen molar-refractivity contribution in [3.8, 4) is 0 Å². The number of benzene rings is 2. The van der Waals surface area contributed by atoms with E-state index in [1.165, 1.54) is 0 Å². The number of anilines is 1. The van der Waals surface area contributed by atoms with E-state index < -0.39 is 7.60 Å². The van der Waals surface area contributed by atoms with Crippen LogP contribution in [0.3, 0.4) is 0 Å². The second-order valence-electron chi connectivity index (χ2n) is 11.1. The SMILES string of the molecule is C/C=C/C.C=CCC.CC.CC.CCOP(=O)(CCc1ccc2c(c1)CN(C)CC(=O)N2Cc1ccc(C(=O)N2CCCC2)cc1)OCC. The molecular formula is C40H66N3O5P. The molecule has 1 saturated heterocycles. The van der Waals surface area contributed by atoms with E-state index in [9.17, 15) is 14.2 Å². The Morgan fingerprint density at radius 3 is 1.90 bits per heavy atom. The van der Waals surface area contributed by atoms with Crippen molar-refractivity contribution in [2.45, 2.75) is 101 Å². The van der Waals surface area contributed by atoms with Gasteiger partial charge in [-0.3, -0.25) is 19.1 Å². The zero-order valence-electron chi connectivity index (χ0n) is 32.3. The van der Waals surface area contributed by atoms with Crippen molar-refractivity contribution in [3.63, 3.8) is 0 Å². The zero-order valence-corrected chi connectivity index (χ0v) is 33.2. The number of allylic oxidation sites excluding steroid dienone is 3. The fraction of sp³-hybridized carbons (Fsp3) is 0.550. The molecule has 8 nitrogen and oxygen atoms in total. The normalized spacial score (nSPS) is 14.1. The Balaban J connectivity index is 0.00000168. The number of amides is 2. The number of likely N-dealkylation sites (tertiary alicyclic amines) is 1. The largest absolute Gasteiger partial charge is 0.339 e. The van der Waals surface area contributed by atoms with Gasteiger partial charge < -0.3 is 18.8 Å². The van der Waals surface area contributed by atoms with Gasteiger partial charge in [-0.2, -0.15) is 0 Å². The lowest BCUT2D eigenvalue weighted by atomic mass is 10.0. The average molecular weight is 700 g/mol. The predicted octanol–water partition coefficient (Wildman–Crippen LogP) is 9.93. The van der Waals surface area contributed by atoms with Crippen LogP contribution in [0.1, 0.15) is 109 Å². The monoisotopic (exact) mass is 699 g/mol. The highest BCUT2D eigenvalue weighted by molar-refractivity contribution is 7.53. The molecule has 4 rings (SSSR count). The molecule has 0 N–H and O–H groups in total. The minimum absolute atomic E-state index is 0.0309. The van der Waals surface area contributed by atoms with Gasteiger partial charge in [-0.15, -0.1) is 6.58 Å². The van der Waals surface area contributed by atoms with E-state index in [2.05, 4.69) is 19.6 Å². The third-order valence-corrected chi connectivity index (χ3v) is 9.54. The van der Waals surface area contributed by atoms with Crippen LogP contribution in [0.25, 0.3) is 0 Å². The molecule has 2 aromatic rings. The lowest BCUT2D eigenvalue weighted by Crippen LogP contribution is -2.35. The van der Waals surface area contributed by atoms with E-state index in [1.807, 2.05) is 132 Å². The predicted molar refractivity (Wildman–Crippen MR) is 209 cm³/mol. The van der Waals surface area contributed by atoms with Crippen molar-refractivity contribution in [2.75, 3.05) is 51.0 Å². The Morgan fingerprint density at radius 1 is 0.878 bits per heavy atom. The average Bonchev–Trinajstić information content (AvgIpc) is 3.64. The fourth-order valence-corrected chi connectivity index (χ4v) is 6.67. The molecule has 2 amide bonds. The van der Waals surface area contributed by atoms with Crippen LogP contribution in [0, 0.1) is 0 Å². The highest BCUT2D eigenvalue weighted by atomic mass is 31.2. The summed E-state index contributed by atoms with van der Waals surface area (Å²) in [7, 11) is -1.18. The Bertz CT molecular complexity index is 1280. The fourth-order valence-electron chi connectivity index (χ4n) is 5.02. The third-order valence-electron chi connectivity index (χ3n) is 7.46. The van der Waals surface area contributed by atoms with Gasteiger partial charge in [0.15, 0.2) is 0 Å². The zero-order chi connectivity index (χ0) is 37.2. The minimum atomic E-state index is -3.12. The van der Waals surface area contributed by atoms with E-state index in [-0.39, 0.29) is 11.8 Å². The van der Waals surface area contributed by atoms with E-state index in [0.29, 0.717) is 51.0 Å². The van der Waals surface area contributed by atoms with E-state index in [4.69, 9.17) is 9.05 Å². The molecule has 2 heterocycles. The Hall–Kier alpha value is -3.03. The number of nitrogens with zero attached hydrogens (tertiary/aromatic N) is 3. The van der Waals surface area contributed by atoms with Crippen LogP contribution in [0.15, 0.2) is 67.3 Å². The summed E-state index contributed by atoms with van der Waals surface area (Å²) in [5.74, 6) is 0.107. The molecular weight excluding hydrogens is 633 g/mol. The summed E-state index contributed by atoms with van der Waals surface area (Å²) in [6.45, 7) is 24.9. The first-order chi connectivity index (χ1) is 23.6. The summed E-state index contributed by atoms with van der Waals surface area (Å²) in [4.78, 5) is 31.6. The quantitative estimate of drug-likeness (QED) is 0.172. The van der Waals surface area contributed by atoms with Crippen molar-refractivity contribution in [1.29, 1.82) is 0 Å². The number of fused-ring (bicyclic) bond motifs is 1. The Labute approximate surface area is 299 Å². The molecule has 2 aliphatic rings. The van der Waals surface area contributed by atoms with Crippen molar-refractivity contribution in [2.24, 2.45) is 0 Å². The minimum Gasteiger partial charge on any atom is -0.339 e. The molecule has 2 aromatic carbocycles. The maximum absolute atomic E-state index is 13.2. The third kappa shape index (κ3) is 16.5. The number of aryl methyl sites for hydroxylation is 1. The standard InChI is InChI=1S/C28H38N3O5P.2C4H8.2C2H6/c1-4-35-37(34,36-5-2)17-14-22-10-13-26-25(18-22)20-29(3)21-27(32)31(26)19-23-8-11-24(12-9-23)28(33)30-15-6-7-16-30;2*1-3-4-2;2*1-2/h8-13,18H,4-7,14-17,19-21H2,1-3H3;3-4H,1-2H3;3H,1,4H2,2H3;2*1-2H3/b;4-3+;;;. The van der Waals surface area contributed by atoms with Crippen LogP contribution >= 0.6 is 7.60 Å². The van der Waals surface area contributed by atoms with Crippen LogP contribution in [0.2, 0.25) is 0 Å². The molecule has 276 valence electrons. The lowest BCUT2D eigenvalue weighted by molar-refractivity contribution is -0.119. The van der Waals surface area contributed by atoms with Gasteiger partial charge >= 0.3 is 7.60 Å². The highest BCUT2D eigenvalue weighted by Crippen LogP contribution is 2.48. The van der Waals surface area contributed by atoms with Crippen LogP contribution in [-0.2, 0) is 37.9 Å². The van der Waals surface area contributed by atoms with Gasteiger partial charge in [0, 0.05) is 30.9 Å². The van der Waals surface area contributed by atoms with Gasteiger partial charge in [-0.1, -0.05) is 77.1 Å². The second-order valence-corrected chi connectivity index (χ2v) is 13.3. The number of carbonyl (C=O) groups excluding carboxylic acids is 2. The summed E-state index contributed by atoms with van der Waals surface area (Å²) >= 11 is 0. The summed E-state index contributed by atoms with van der Waals surface area (Å²) in [5.41, 5.74) is 4.63. The van der Waals surface area contributed by atoms with Gasteiger partial charge in [0.25, 0.3) is 5.91 Å². The maximum Gasteiger partial charge on any atom is 0.330 e. The lowest BCUT2D eigenvalue weighted by Gasteiger charge is -2.24. The van der Waals surface area contributed by atoms with Crippen LogP contribution < -0.4 is 4.90 Å². The first-order valence-corrected chi connectivity index (χ1v) is 19.9. The molecule has 2 aliphatic heterocycles. The Morgan fingerprint density at radius 2 is 1.41 bits per heavy atom. The molecule has 0 aromatic heterocycles. The molecule has 0 saturated carbocycles. The van der Waals surface area contributed by atoms with Crippen molar-refractivity contribution < 1.29 is 23.2 Å². The molecule has 0 atom stereocenters. The Kier molecular flexibility index (Phi) is 25.1. The van der Waals surface area contributed by atoms with Gasteiger partial charge in [0.05, 0.1) is 32.5 Å². The van der Waals surface area contributed by atoms with Crippen LogP contribution in [-0.4, -0.2) is 67.7 Å². The smallest absolute Gasteiger partial charge is 0.330 e. The molecule has 0 unspecified atom stereocenters. The molecule has 0 spiro atoms. The van der Waals surface area contributed by atoms with Gasteiger partial charge in [-0.25, -0.2) is 0 Å². The number of likely N-dealkylation sites (N-methyl/N-ethyl adjacent to an activating group) is 1. The topological polar surface area (TPSA) is 79.4 Å². The van der Waals surface area contributed by atoms with Gasteiger partial charge in [0.2, 0.25) is 5.91 Å². The molecule has 0 bridgehead atoms. The van der Waals surface area contributed by atoms with Crippen LogP contribution in [0.4, 0.5) is 5.69 Å². The molecule has 49 heavy (non-hydrogen) atoms. The number of rotatable bonds is 11. The first-order valence-electron chi connectivity index (χ1n) is 18.2. The molecule has 0 aliphatic carbocycles. The van der Waals surface area contributed by atoms with Crippen molar-refractivity contribution in [1.82, 2.24) is 9.80 Å². The molecule has 1 fully saturated rings. The molecule has 0 radical (unpaired) electrons. The summed E-state index contributed by atoms with van der Waals surface area (Å²) in [5, 5.41) is 0. The van der Waals surface area contributed by atoms with E-state index in [1.54, 1.807) is 0 Å². The number of carbonyl (C=O) groups is 2. The van der Waals surface area contributed by atoms with Gasteiger partial charge in [0.1, 0.15) is 0 Å². The van der Waals surface area contributed by atoms with Crippen molar-refractivity contribution >= 4 is 25.1 Å². The van der Waals surface area contributed by atoms with E-state index >= 15 is 0 Å². The maximum atomic E-state index is 13.2. The summed E-state index contributed by atoms with van der Waals surface area (Å²) in [6.07, 6.45) is 9.97. The molecule has 9 heteroatoms. The van der Waals surface area contributed by atoms with Crippen LogP contribution in [0.5, 0.6) is 0 Å². The number of hydrogen-bond acceptors (Lipinski definition) is 6. The first kappa shape index (κ1) is 46.0. The highest BCUT2D eigenvalue weighted by Gasteiger charge is 2.27. The van der Waals surface area contributed by atoms with E-state index in [0.717, 1.165) is 54.7 Å². The second kappa shape index (κ2) is 26.8. The number of hydrogen-bond donors (Lipinski definition) is 0. The van der Waals surface area contributed by atoms with Crippen molar-refractivity contribution in [3.05, 3.63) is 89.5 Å². The summed E-state index contributed by atoms with van der Waals surface area (Å²) < 4.78 is 23.8. The van der Waals surface area contributed by atoms with Gasteiger partial charge in [-0.05, 0) is 95.3 Å².